The van der Waals surface area contributed by atoms with E-state index in [1.54, 1.807) is 6.08 Å². The summed E-state index contributed by atoms with van der Waals surface area (Å²) in [5, 5.41) is 2.17. The maximum absolute atomic E-state index is 4.25. The first-order valence-electron chi connectivity index (χ1n) is 8.74. The molecule has 0 spiro atoms. The Morgan fingerprint density at radius 1 is 0.923 bits per heavy atom. The Kier molecular flexibility index (Phi) is 5.28. The maximum Gasteiger partial charge on any atom is 0.0273 e. The van der Waals surface area contributed by atoms with Crippen LogP contribution in [-0.4, -0.2) is 4.98 Å². The molecule has 0 unspecified atom stereocenters. The molecule has 0 aliphatic heterocycles. The molecule has 1 aromatic heterocycles. The fourth-order valence-corrected chi connectivity index (χ4v) is 3.22. The first-order valence-corrected chi connectivity index (χ1v) is 8.74. The molecule has 1 heterocycles. The Balaban J connectivity index is 2.03. The summed E-state index contributed by atoms with van der Waals surface area (Å²) in [5.74, 6) is 0. The van der Waals surface area contributed by atoms with E-state index in [0.29, 0.717) is 0 Å². The molecule has 0 bridgehead atoms. The van der Waals surface area contributed by atoms with E-state index in [4.69, 9.17) is 0 Å². The van der Waals surface area contributed by atoms with E-state index in [1.807, 2.05) is 30.6 Å². The second kappa shape index (κ2) is 7.79. The molecule has 3 aromatic rings. The summed E-state index contributed by atoms with van der Waals surface area (Å²) < 4.78 is 0. The molecule has 1 heteroatoms. The fraction of sp³-hybridized carbons (Fsp3) is 0.0800. The van der Waals surface area contributed by atoms with Gasteiger partial charge in [0, 0.05) is 12.4 Å². The summed E-state index contributed by atoms with van der Waals surface area (Å²) in [6.45, 7) is 12.2. The number of nitrogens with zero attached hydrogens (tertiary/aromatic N) is 1. The number of hydrogen-bond acceptors (Lipinski definition) is 1. The number of hydrogen-bond donors (Lipinski definition) is 0. The highest BCUT2D eigenvalue weighted by Crippen LogP contribution is 2.27. The largest absolute Gasteiger partial charge is 0.265 e. The van der Waals surface area contributed by atoms with Crippen molar-refractivity contribution in [2.24, 2.45) is 0 Å². The quantitative estimate of drug-likeness (QED) is 0.661. The third kappa shape index (κ3) is 3.43. The van der Waals surface area contributed by atoms with E-state index in [0.717, 1.165) is 10.4 Å². The summed E-state index contributed by atoms with van der Waals surface area (Å²) in [7, 11) is 0. The van der Waals surface area contributed by atoms with Crippen LogP contribution in [0.3, 0.4) is 0 Å². The molecule has 128 valence electrons. The summed E-state index contributed by atoms with van der Waals surface area (Å²) >= 11 is 0. The Morgan fingerprint density at radius 2 is 1.58 bits per heavy atom. The SMILES string of the molecule is C=C/C=c1/ccc(/C(=C\C)c2ccc(-c3ccncc3)cc2)c(C)c1=C. The van der Waals surface area contributed by atoms with E-state index in [9.17, 15) is 0 Å². The number of benzene rings is 2. The average molecular weight is 337 g/mol. The number of pyridine rings is 1. The second-order valence-corrected chi connectivity index (χ2v) is 6.22. The molecule has 0 aliphatic carbocycles. The van der Waals surface area contributed by atoms with Crippen LogP contribution < -0.4 is 10.4 Å². The monoisotopic (exact) mass is 337 g/mol. The van der Waals surface area contributed by atoms with Gasteiger partial charge in [0.25, 0.3) is 0 Å². The van der Waals surface area contributed by atoms with E-state index in [1.165, 1.54) is 33.4 Å². The number of allylic oxidation sites excluding steroid dienone is 2. The highest BCUT2D eigenvalue weighted by molar-refractivity contribution is 5.82. The molecule has 26 heavy (non-hydrogen) atoms. The van der Waals surface area contributed by atoms with Crippen molar-refractivity contribution in [1.82, 2.24) is 4.98 Å². The van der Waals surface area contributed by atoms with E-state index >= 15 is 0 Å². The number of rotatable bonds is 4. The van der Waals surface area contributed by atoms with Crippen LogP contribution in [0.5, 0.6) is 0 Å². The van der Waals surface area contributed by atoms with Gasteiger partial charge < -0.3 is 0 Å². The van der Waals surface area contributed by atoms with Gasteiger partial charge in [0.15, 0.2) is 0 Å². The molecule has 0 saturated heterocycles. The summed E-state index contributed by atoms with van der Waals surface area (Å²) in [6.07, 6.45) is 9.61. The van der Waals surface area contributed by atoms with E-state index in [-0.39, 0.29) is 0 Å². The summed E-state index contributed by atoms with van der Waals surface area (Å²) in [5.41, 5.74) is 7.21. The normalized spacial score (nSPS) is 12.2. The molecule has 0 radical (unpaired) electrons. The van der Waals surface area contributed by atoms with Crippen LogP contribution in [0.1, 0.15) is 23.6 Å². The van der Waals surface area contributed by atoms with Crippen LogP contribution in [0.2, 0.25) is 0 Å². The van der Waals surface area contributed by atoms with Crippen LogP contribution in [0, 0.1) is 6.92 Å². The molecule has 3 rings (SSSR count). The van der Waals surface area contributed by atoms with Gasteiger partial charge in [0.1, 0.15) is 0 Å². The highest BCUT2D eigenvalue weighted by atomic mass is 14.6. The van der Waals surface area contributed by atoms with Crippen molar-refractivity contribution in [3.8, 4) is 11.1 Å². The van der Waals surface area contributed by atoms with Gasteiger partial charge in [0.2, 0.25) is 0 Å². The van der Waals surface area contributed by atoms with E-state index < -0.39 is 0 Å². The Labute approximate surface area is 155 Å². The van der Waals surface area contributed by atoms with Gasteiger partial charge in [-0.05, 0) is 69.8 Å². The lowest BCUT2D eigenvalue weighted by molar-refractivity contribution is 1.33. The molecule has 2 aromatic carbocycles. The molecular formula is C25H23N. The van der Waals surface area contributed by atoms with Crippen molar-refractivity contribution < 1.29 is 0 Å². The Hall–Kier alpha value is -3.19. The Morgan fingerprint density at radius 3 is 2.19 bits per heavy atom. The van der Waals surface area contributed by atoms with Crippen LogP contribution in [0.15, 0.2) is 79.7 Å². The maximum atomic E-state index is 4.25. The molecule has 1 nitrogen and oxygen atoms in total. The van der Waals surface area contributed by atoms with Crippen molar-refractivity contribution in [1.29, 1.82) is 0 Å². The lowest BCUT2D eigenvalue weighted by atomic mass is 9.91. The van der Waals surface area contributed by atoms with Crippen LogP contribution in [0.25, 0.3) is 29.4 Å². The second-order valence-electron chi connectivity index (χ2n) is 6.22. The number of aromatic nitrogens is 1. The predicted molar refractivity (Wildman–Crippen MR) is 113 cm³/mol. The van der Waals surface area contributed by atoms with Crippen LogP contribution in [-0.2, 0) is 0 Å². The molecule has 0 N–H and O–H groups in total. The summed E-state index contributed by atoms with van der Waals surface area (Å²) in [4.78, 5) is 4.08. The van der Waals surface area contributed by atoms with Crippen molar-refractivity contribution in [3.63, 3.8) is 0 Å². The van der Waals surface area contributed by atoms with Gasteiger partial charge in [-0.15, -0.1) is 0 Å². The van der Waals surface area contributed by atoms with Crippen LogP contribution in [0.4, 0.5) is 0 Å². The van der Waals surface area contributed by atoms with Crippen molar-refractivity contribution in [2.75, 3.05) is 0 Å². The highest BCUT2D eigenvalue weighted by Gasteiger charge is 2.08. The van der Waals surface area contributed by atoms with Gasteiger partial charge in [-0.1, -0.05) is 67.8 Å². The minimum absolute atomic E-state index is 1.05. The van der Waals surface area contributed by atoms with Gasteiger partial charge in [-0.3, -0.25) is 4.98 Å². The Bertz CT molecular complexity index is 1060. The lowest BCUT2D eigenvalue weighted by Gasteiger charge is -2.13. The van der Waals surface area contributed by atoms with Gasteiger partial charge >= 0.3 is 0 Å². The smallest absolute Gasteiger partial charge is 0.0273 e. The minimum Gasteiger partial charge on any atom is -0.265 e. The zero-order valence-corrected chi connectivity index (χ0v) is 15.4. The van der Waals surface area contributed by atoms with Crippen molar-refractivity contribution in [3.05, 3.63) is 107 Å². The standard InChI is InChI=1S/C25H23N/c1-5-7-20-12-13-25(19(4)18(20)3)24(6-2)23-10-8-21(9-11-23)22-14-16-26-17-15-22/h5-17H,1,3H2,2,4H3/b20-7-,24-6-. The third-order valence-electron chi connectivity index (χ3n) is 4.72. The molecular weight excluding hydrogens is 314 g/mol. The molecule has 0 amide bonds. The van der Waals surface area contributed by atoms with Gasteiger partial charge in [-0.2, -0.15) is 0 Å². The minimum atomic E-state index is 1.05. The van der Waals surface area contributed by atoms with Crippen LogP contribution >= 0.6 is 0 Å². The predicted octanol–water partition coefficient (Wildman–Crippen LogP) is 4.89. The molecule has 0 atom stereocenters. The first kappa shape index (κ1) is 17.6. The fourth-order valence-electron chi connectivity index (χ4n) is 3.22. The average Bonchev–Trinajstić information content (AvgIpc) is 2.69. The first-order chi connectivity index (χ1) is 12.7. The zero-order chi connectivity index (χ0) is 18.5. The van der Waals surface area contributed by atoms with Crippen molar-refractivity contribution >= 4 is 18.2 Å². The summed E-state index contributed by atoms with van der Waals surface area (Å²) in [6, 6.07) is 17.0. The molecule has 0 saturated carbocycles. The van der Waals surface area contributed by atoms with Gasteiger partial charge in [0.05, 0.1) is 0 Å². The molecule has 0 aliphatic rings. The zero-order valence-electron chi connectivity index (χ0n) is 15.4. The van der Waals surface area contributed by atoms with Crippen molar-refractivity contribution in [2.45, 2.75) is 13.8 Å². The topological polar surface area (TPSA) is 12.9 Å². The third-order valence-corrected chi connectivity index (χ3v) is 4.72. The van der Waals surface area contributed by atoms with E-state index in [2.05, 4.69) is 74.5 Å². The lowest BCUT2D eigenvalue weighted by Crippen LogP contribution is -2.26. The van der Waals surface area contributed by atoms with Gasteiger partial charge in [-0.25, -0.2) is 0 Å². The molecule has 0 fully saturated rings.